The molecule has 1 fully saturated rings. The second-order valence-electron chi connectivity index (χ2n) is 4.48. The summed E-state index contributed by atoms with van der Waals surface area (Å²) in [4.78, 5) is 16.1. The van der Waals surface area contributed by atoms with Crippen LogP contribution < -0.4 is 0 Å². The van der Waals surface area contributed by atoms with Gasteiger partial charge >= 0.3 is 0 Å². The Morgan fingerprint density at radius 1 is 1.22 bits per heavy atom. The van der Waals surface area contributed by atoms with Crippen LogP contribution in [0.2, 0.25) is 5.02 Å². The molecule has 1 saturated heterocycles. The standard InChI is InChI=1S/C14H17ClN2O/c1-16-8-10-17(11-9-16)14(18)7-6-12-4-2-3-5-13(12)15/h2-7H,8-11H2,1H3. The third-order valence-corrected chi connectivity index (χ3v) is 3.47. The topological polar surface area (TPSA) is 23.6 Å². The van der Waals surface area contributed by atoms with E-state index in [1.807, 2.05) is 29.2 Å². The predicted octanol–water partition coefficient (Wildman–Crippen LogP) is 2.13. The lowest BCUT2D eigenvalue weighted by Gasteiger charge is -2.31. The molecule has 1 aromatic rings. The van der Waals surface area contributed by atoms with Crippen molar-refractivity contribution in [3.63, 3.8) is 0 Å². The summed E-state index contributed by atoms with van der Waals surface area (Å²) in [6, 6.07) is 7.51. The molecule has 18 heavy (non-hydrogen) atoms. The minimum Gasteiger partial charge on any atom is -0.337 e. The molecule has 0 bridgehead atoms. The first-order valence-corrected chi connectivity index (χ1v) is 6.44. The summed E-state index contributed by atoms with van der Waals surface area (Å²) in [6.45, 7) is 3.46. The highest BCUT2D eigenvalue weighted by Gasteiger charge is 2.16. The fourth-order valence-electron chi connectivity index (χ4n) is 1.90. The second-order valence-corrected chi connectivity index (χ2v) is 4.89. The number of hydrogen-bond acceptors (Lipinski definition) is 2. The van der Waals surface area contributed by atoms with Crippen molar-refractivity contribution < 1.29 is 4.79 Å². The Morgan fingerprint density at radius 2 is 1.89 bits per heavy atom. The molecule has 2 rings (SSSR count). The minimum atomic E-state index is 0.0584. The Labute approximate surface area is 113 Å². The first kappa shape index (κ1) is 13.1. The van der Waals surface area contributed by atoms with E-state index in [1.54, 1.807) is 12.2 Å². The smallest absolute Gasteiger partial charge is 0.246 e. The zero-order valence-electron chi connectivity index (χ0n) is 10.5. The van der Waals surface area contributed by atoms with Crippen molar-refractivity contribution in [2.75, 3.05) is 33.2 Å². The van der Waals surface area contributed by atoms with E-state index in [-0.39, 0.29) is 5.91 Å². The van der Waals surface area contributed by atoms with Crippen LogP contribution in [0.25, 0.3) is 6.08 Å². The van der Waals surface area contributed by atoms with E-state index in [4.69, 9.17) is 11.6 Å². The fraction of sp³-hybridized carbons (Fsp3) is 0.357. The van der Waals surface area contributed by atoms with Gasteiger partial charge in [-0.05, 0) is 24.8 Å². The van der Waals surface area contributed by atoms with Gasteiger partial charge in [-0.2, -0.15) is 0 Å². The first-order valence-electron chi connectivity index (χ1n) is 6.07. The monoisotopic (exact) mass is 264 g/mol. The van der Waals surface area contributed by atoms with Gasteiger partial charge in [-0.1, -0.05) is 29.8 Å². The fourth-order valence-corrected chi connectivity index (χ4v) is 2.10. The minimum absolute atomic E-state index is 0.0584. The third kappa shape index (κ3) is 3.34. The van der Waals surface area contributed by atoms with Crippen molar-refractivity contribution in [3.05, 3.63) is 40.9 Å². The maximum absolute atomic E-state index is 12.0. The van der Waals surface area contributed by atoms with Gasteiger partial charge in [0.05, 0.1) is 0 Å². The number of rotatable bonds is 2. The van der Waals surface area contributed by atoms with Crippen LogP contribution in [-0.2, 0) is 4.79 Å². The van der Waals surface area contributed by atoms with Crippen LogP contribution in [-0.4, -0.2) is 48.9 Å². The van der Waals surface area contributed by atoms with Crippen molar-refractivity contribution in [3.8, 4) is 0 Å². The van der Waals surface area contributed by atoms with Gasteiger partial charge in [0.2, 0.25) is 5.91 Å². The van der Waals surface area contributed by atoms with Crippen LogP contribution in [0.5, 0.6) is 0 Å². The molecule has 1 amide bonds. The number of carbonyl (C=O) groups excluding carboxylic acids is 1. The van der Waals surface area contributed by atoms with Gasteiger partial charge in [-0.25, -0.2) is 0 Å². The van der Waals surface area contributed by atoms with Crippen LogP contribution in [0, 0.1) is 0 Å². The Hall–Kier alpha value is -1.32. The molecular formula is C14H17ClN2O. The molecular weight excluding hydrogens is 248 g/mol. The number of carbonyl (C=O) groups is 1. The summed E-state index contributed by atoms with van der Waals surface area (Å²) in [7, 11) is 2.07. The Balaban J connectivity index is 1.97. The van der Waals surface area contributed by atoms with Gasteiger partial charge in [-0.3, -0.25) is 4.79 Å². The van der Waals surface area contributed by atoms with Gasteiger partial charge < -0.3 is 9.80 Å². The number of piperazine rings is 1. The summed E-state index contributed by atoms with van der Waals surface area (Å²) >= 11 is 6.03. The van der Waals surface area contributed by atoms with E-state index in [1.165, 1.54) is 0 Å². The molecule has 0 atom stereocenters. The zero-order valence-corrected chi connectivity index (χ0v) is 11.2. The number of benzene rings is 1. The molecule has 0 unspecified atom stereocenters. The van der Waals surface area contributed by atoms with Crippen LogP contribution in [0.1, 0.15) is 5.56 Å². The third-order valence-electron chi connectivity index (χ3n) is 3.13. The van der Waals surface area contributed by atoms with Gasteiger partial charge in [-0.15, -0.1) is 0 Å². The molecule has 3 nitrogen and oxygen atoms in total. The van der Waals surface area contributed by atoms with Gasteiger partial charge in [0, 0.05) is 37.3 Å². The molecule has 0 spiro atoms. The van der Waals surface area contributed by atoms with Crippen molar-refractivity contribution >= 4 is 23.6 Å². The number of likely N-dealkylation sites (N-methyl/N-ethyl adjacent to an activating group) is 1. The lowest BCUT2D eigenvalue weighted by molar-refractivity contribution is -0.127. The largest absolute Gasteiger partial charge is 0.337 e. The van der Waals surface area contributed by atoms with Crippen molar-refractivity contribution in [1.29, 1.82) is 0 Å². The maximum atomic E-state index is 12.0. The van der Waals surface area contributed by atoms with Crippen molar-refractivity contribution in [2.45, 2.75) is 0 Å². The van der Waals surface area contributed by atoms with Gasteiger partial charge in [0.25, 0.3) is 0 Å². The molecule has 1 heterocycles. The number of halogens is 1. The molecule has 0 saturated carbocycles. The summed E-state index contributed by atoms with van der Waals surface area (Å²) in [5.41, 5.74) is 0.877. The van der Waals surface area contributed by atoms with Crippen LogP contribution in [0.3, 0.4) is 0 Å². The Bertz CT molecular complexity index is 451. The predicted molar refractivity (Wildman–Crippen MR) is 74.6 cm³/mol. The van der Waals surface area contributed by atoms with Gasteiger partial charge in [0.15, 0.2) is 0 Å². The quantitative estimate of drug-likeness (QED) is 0.764. The lowest BCUT2D eigenvalue weighted by Crippen LogP contribution is -2.46. The van der Waals surface area contributed by atoms with Crippen LogP contribution in [0.4, 0.5) is 0 Å². The Morgan fingerprint density at radius 3 is 2.56 bits per heavy atom. The molecule has 0 aliphatic carbocycles. The number of amides is 1. The SMILES string of the molecule is CN1CCN(C(=O)C=Cc2ccccc2Cl)CC1. The highest BCUT2D eigenvalue weighted by Crippen LogP contribution is 2.16. The van der Waals surface area contributed by atoms with E-state index >= 15 is 0 Å². The van der Waals surface area contributed by atoms with Crippen LogP contribution in [0.15, 0.2) is 30.3 Å². The summed E-state index contributed by atoms with van der Waals surface area (Å²) < 4.78 is 0. The zero-order chi connectivity index (χ0) is 13.0. The normalized spacial score (nSPS) is 17.3. The summed E-state index contributed by atoms with van der Waals surface area (Å²) in [5, 5.41) is 0.667. The molecule has 1 aliphatic rings. The highest BCUT2D eigenvalue weighted by atomic mass is 35.5. The average Bonchev–Trinajstić information content (AvgIpc) is 2.38. The van der Waals surface area contributed by atoms with E-state index in [2.05, 4.69) is 11.9 Å². The van der Waals surface area contributed by atoms with E-state index in [0.717, 1.165) is 31.7 Å². The summed E-state index contributed by atoms with van der Waals surface area (Å²) in [5.74, 6) is 0.0584. The highest BCUT2D eigenvalue weighted by molar-refractivity contribution is 6.32. The molecule has 0 N–H and O–H groups in total. The van der Waals surface area contributed by atoms with Crippen LogP contribution >= 0.6 is 11.6 Å². The molecule has 0 radical (unpaired) electrons. The summed E-state index contributed by atoms with van der Waals surface area (Å²) in [6.07, 6.45) is 3.38. The van der Waals surface area contributed by atoms with Crippen molar-refractivity contribution in [2.24, 2.45) is 0 Å². The lowest BCUT2D eigenvalue weighted by atomic mass is 10.2. The Kier molecular flexibility index (Phi) is 4.39. The number of nitrogens with zero attached hydrogens (tertiary/aromatic N) is 2. The molecule has 1 aromatic carbocycles. The molecule has 96 valence electrons. The molecule has 0 aromatic heterocycles. The van der Waals surface area contributed by atoms with E-state index in [9.17, 15) is 4.79 Å². The number of hydrogen-bond donors (Lipinski definition) is 0. The van der Waals surface area contributed by atoms with E-state index in [0.29, 0.717) is 5.02 Å². The second kappa shape index (κ2) is 6.03. The maximum Gasteiger partial charge on any atom is 0.246 e. The van der Waals surface area contributed by atoms with Gasteiger partial charge in [0.1, 0.15) is 0 Å². The average molecular weight is 265 g/mol. The first-order chi connectivity index (χ1) is 8.66. The molecule has 4 heteroatoms. The van der Waals surface area contributed by atoms with E-state index < -0.39 is 0 Å². The van der Waals surface area contributed by atoms with Crippen molar-refractivity contribution in [1.82, 2.24) is 9.80 Å². The molecule has 1 aliphatic heterocycles.